The Morgan fingerprint density at radius 2 is 2.05 bits per heavy atom. The summed E-state index contributed by atoms with van der Waals surface area (Å²) in [6.45, 7) is 1.14. The number of para-hydroxylation sites is 2. The van der Waals surface area contributed by atoms with Crippen LogP contribution in [-0.4, -0.2) is 39.5 Å². The van der Waals surface area contributed by atoms with E-state index in [4.69, 9.17) is 9.52 Å². The first-order valence-electron chi connectivity index (χ1n) is 5.98. The van der Waals surface area contributed by atoms with Crippen LogP contribution >= 0.6 is 0 Å². The van der Waals surface area contributed by atoms with Gasteiger partial charge < -0.3 is 14.4 Å². The van der Waals surface area contributed by atoms with Gasteiger partial charge >= 0.3 is 11.7 Å². The monoisotopic (exact) mass is 278 g/mol. The van der Waals surface area contributed by atoms with Crippen molar-refractivity contribution in [3.8, 4) is 0 Å². The van der Waals surface area contributed by atoms with Crippen molar-refractivity contribution in [2.24, 2.45) is 0 Å². The molecular formula is C13H14N2O5. The molecule has 2 aromatic rings. The van der Waals surface area contributed by atoms with E-state index in [0.717, 1.165) is 4.90 Å². The molecule has 0 aliphatic rings. The van der Waals surface area contributed by atoms with Crippen molar-refractivity contribution < 1.29 is 19.1 Å². The second kappa shape index (κ2) is 5.20. The molecule has 1 amide bonds. The molecule has 7 nitrogen and oxygen atoms in total. The van der Waals surface area contributed by atoms with E-state index >= 15 is 0 Å². The smallest absolute Gasteiger partial charge is 0.420 e. The lowest BCUT2D eigenvalue weighted by molar-refractivity contribution is -0.148. The Kier molecular flexibility index (Phi) is 3.60. The zero-order chi connectivity index (χ0) is 14.9. The molecule has 1 N–H and O–H groups in total. The maximum Gasteiger partial charge on any atom is 0.420 e. The Morgan fingerprint density at radius 3 is 2.70 bits per heavy atom. The highest BCUT2D eigenvalue weighted by Crippen LogP contribution is 2.12. The van der Waals surface area contributed by atoms with E-state index in [1.807, 2.05) is 0 Å². The van der Waals surface area contributed by atoms with Crippen molar-refractivity contribution >= 4 is 23.0 Å². The molecule has 0 spiro atoms. The van der Waals surface area contributed by atoms with Crippen LogP contribution in [0.15, 0.2) is 33.5 Å². The molecule has 2 rings (SSSR count). The van der Waals surface area contributed by atoms with Gasteiger partial charge in [0.2, 0.25) is 5.91 Å². The Balaban J connectivity index is 2.29. The van der Waals surface area contributed by atoms with Crippen molar-refractivity contribution in [3.05, 3.63) is 34.8 Å². The Morgan fingerprint density at radius 1 is 1.40 bits per heavy atom. The fourth-order valence-corrected chi connectivity index (χ4v) is 1.79. The van der Waals surface area contributed by atoms with E-state index in [9.17, 15) is 14.4 Å². The van der Waals surface area contributed by atoms with Gasteiger partial charge in [0.25, 0.3) is 0 Å². The summed E-state index contributed by atoms with van der Waals surface area (Å²) in [5.74, 6) is -2.23. The lowest BCUT2D eigenvalue weighted by Gasteiger charge is -2.21. The molecule has 1 aromatic heterocycles. The Labute approximate surface area is 114 Å². The first kappa shape index (κ1) is 13.9. The molecular weight excluding hydrogens is 264 g/mol. The van der Waals surface area contributed by atoms with E-state index in [-0.39, 0.29) is 6.54 Å². The van der Waals surface area contributed by atoms with Crippen LogP contribution < -0.4 is 5.76 Å². The fraction of sp³-hybridized carbons (Fsp3) is 0.308. The first-order valence-corrected chi connectivity index (χ1v) is 5.98. The molecule has 0 fully saturated rings. The molecule has 0 bridgehead atoms. The van der Waals surface area contributed by atoms with Crippen LogP contribution in [0.4, 0.5) is 0 Å². The number of rotatable bonds is 4. The number of carbonyl (C=O) groups is 2. The van der Waals surface area contributed by atoms with Crippen LogP contribution in [0.3, 0.4) is 0 Å². The van der Waals surface area contributed by atoms with Crippen LogP contribution in [-0.2, 0) is 16.1 Å². The summed E-state index contributed by atoms with van der Waals surface area (Å²) in [7, 11) is 1.38. The molecule has 0 aliphatic carbocycles. The van der Waals surface area contributed by atoms with Gasteiger partial charge in [-0.1, -0.05) is 12.1 Å². The minimum atomic E-state index is -1.11. The molecule has 1 atom stereocenters. The fourth-order valence-electron chi connectivity index (χ4n) is 1.79. The van der Waals surface area contributed by atoms with Crippen LogP contribution in [0.5, 0.6) is 0 Å². The minimum absolute atomic E-state index is 0.260. The number of fused-ring (bicyclic) bond motifs is 1. The first-order chi connectivity index (χ1) is 9.41. The summed E-state index contributed by atoms with van der Waals surface area (Å²) in [6, 6.07) is 5.77. The number of amides is 1. The molecule has 0 radical (unpaired) electrons. The highest BCUT2D eigenvalue weighted by atomic mass is 16.4. The quantitative estimate of drug-likeness (QED) is 0.880. The number of benzene rings is 1. The highest BCUT2D eigenvalue weighted by molar-refractivity contribution is 5.84. The second-order valence-corrected chi connectivity index (χ2v) is 4.44. The molecule has 0 saturated heterocycles. The zero-order valence-corrected chi connectivity index (χ0v) is 11.1. The third kappa shape index (κ3) is 2.42. The number of aliphatic carboxylic acids is 1. The van der Waals surface area contributed by atoms with Crippen molar-refractivity contribution in [3.63, 3.8) is 0 Å². The average Bonchev–Trinajstić information content (AvgIpc) is 2.73. The lowest BCUT2D eigenvalue weighted by Crippen LogP contribution is -2.42. The number of likely N-dealkylation sites (N-methyl/N-ethyl adjacent to an activating group) is 1. The third-order valence-corrected chi connectivity index (χ3v) is 3.20. The van der Waals surface area contributed by atoms with Crippen LogP contribution in [0.25, 0.3) is 11.1 Å². The van der Waals surface area contributed by atoms with Crippen LogP contribution in [0.1, 0.15) is 6.92 Å². The average molecular weight is 278 g/mol. The highest BCUT2D eigenvalue weighted by Gasteiger charge is 2.23. The number of hydrogen-bond donors (Lipinski definition) is 1. The van der Waals surface area contributed by atoms with E-state index in [2.05, 4.69) is 0 Å². The molecule has 7 heteroatoms. The summed E-state index contributed by atoms with van der Waals surface area (Å²) in [4.78, 5) is 35.6. The van der Waals surface area contributed by atoms with E-state index in [0.29, 0.717) is 11.1 Å². The van der Waals surface area contributed by atoms with Gasteiger partial charge in [0.05, 0.1) is 5.52 Å². The van der Waals surface area contributed by atoms with Gasteiger partial charge in [-0.05, 0) is 19.1 Å². The minimum Gasteiger partial charge on any atom is -0.480 e. The molecule has 20 heavy (non-hydrogen) atoms. The van der Waals surface area contributed by atoms with Gasteiger partial charge in [0.1, 0.15) is 12.6 Å². The molecule has 1 aromatic carbocycles. The topological polar surface area (TPSA) is 92.8 Å². The normalized spacial score (nSPS) is 12.3. The van der Waals surface area contributed by atoms with Gasteiger partial charge in [-0.2, -0.15) is 0 Å². The molecule has 1 heterocycles. The van der Waals surface area contributed by atoms with Gasteiger partial charge in [0.15, 0.2) is 5.58 Å². The number of carbonyl (C=O) groups excluding carboxylic acids is 1. The predicted molar refractivity (Wildman–Crippen MR) is 70.3 cm³/mol. The van der Waals surface area contributed by atoms with Gasteiger partial charge in [-0.25, -0.2) is 9.59 Å². The molecule has 0 saturated carbocycles. The largest absolute Gasteiger partial charge is 0.480 e. The van der Waals surface area contributed by atoms with Crippen molar-refractivity contribution in [1.29, 1.82) is 0 Å². The molecule has 106 valence electrons. The summed E-state index contributed by atoms with van der Waals surface area (Å²) in [5.41, 5.74) is 0.890. The number of carboxylic acids is 1. The maximum absolute atomic E-state index is 12.0. The second-order valence-electron chi connectivity index (χ2n) is 4.44. The van der Waals surface area contributed by atoms with Crippen LogP contribution in [0.2, 0.25) is 0 Å². The van der Waals surface area contributed by atoms with Gasteiger partial charge in [-0.15, -0.1) is 0 Å². The van der Waals surface area contributed by atoms with Crippen LogP contribution in [0, 0.1) is 0 Å². The lowest BCUT2D eigenvalue weighted by atomic mass is 10.3. The van der Waals surface area contributed by atoms with Crippen molar-refractivity contribution in [2.75, 3.05) is 7.05 Å². The van der Waals surface area contributed by atoms with E-state index < -0.39 is 23.7 Å². The molecule has 0 aliphatic heterocycles. The Bertz CT molecular complexity index is 715. The summed E-state index contributed by atoms with van der Waals surface area (Å²) < 4.78 is 6.19. The number of hydrogen-bond acceptors (Lipinski definition) is 4. The SMILES string of the molecule is CC(C(=O)O)N(C)C(=O)Cn1c(=O)oc2ccccc21. The third-order valence-electron chi connectivity index (χ3n) is 3.20. The number of carboxylic acid groups (broad SMARTS) is 1. The van der Waals surface area contributed by atoms with E-state index in [1.54, 1.807) is 24.3 Å². The van der Waals surface area contributed by atoms with Gasteiger partial charge in [-0.3, -0.25) is 9.36 Å². The summed E-state index contributed by atoms with van der Waals surface area (Å²) in [6.07, 6.45) is 0. The number of nitrogens with zero attached hydrogens (tertiary/aromatic N) is 2. The number of oxazole rings is 1. The summed E-state index contributed by atoms with van der Waals surface area (Å²) in [5, 5.41) is 8.87. The Hall–Kier alpha value is -2.57. The van der Waals surface area contributed by atoms with E-state index in [1.165, 1.54) is 18.5 Å². The van der Waals surface area contributed by atoms with Crippen molar-refractivity contribution in [2.45, 2.75) is 19.5 Å². The standard InChI is InChI=1S/C13H14N2O5/c1-8(12(17)18)14(2)11(16)7-15-9-5-3-4-6-10(9)20-13(15)19/h3-6,8H,7H2,1-2H3,(H,17,18). The van der Waals surface area contributed by atoms with Gasteiger partial charge in [0, 0.05) is 7.05 Å². The molecule has 1 unspecified atom stereocenters. The zero-order valence-electron chi connectivity index (χ0n) is 11.1. The maximum atomic E-state index is 12.0. The van der Waals surface area contributed by atoms with Crippen molar-refractivity contribution in [1.82, 2.24) is 9.47 Å². The predicted octanol–water partition coefficient (Wildman–Crippen LogP) is 0.526. The number of aromatic nitrogens is 1. The summed E-state index contributed by atoms with van der Waals surface area (Å²) >= 11 is 0.